The lowest BCUT2D eigenvalue weighted by molar-refractivity contribution is 0.240. The molecule has 1 aromatic carbocycles. The lowest BCUT2D eigenvalue weighted by Crippen LogP contribution is -2.41. The van der Waals surface area contributed by atoms with Gasteiger partial charge in [-0.3, -0.25) is 0 Å². The van der Waals surface area contributed by atoms with Gasteiger partial charge in [-0.2, -0.15) is 0 Å². The fraction of sp³-hybridized carbons (Fsp3) is 0.625. The van der Waals surface area contributed by atoms with Crippen LogP contribution >= 0.6 is 0 Å². The summed E-state index contributed by atoms with van der Waals surface area (Å²) in [6.07, 6.45) is 1.17. The molecule has 1 rings (SSSR count). The van der Waals surface area contributed by atoms with E-state index in [1.165, 1.54) is 17.5 Å². The molecule has 1 N–H and O–H groups in total. The molecule has 1 heteroatoms. The maximum atomic E-state index is 3.66. The maximum absolute atomic E-state index is 3.66. The Balaban J connectivity index is 2.55. The summed E-state index contributed by atoms with van der Waals surface area (Å²) in [5.74, 6) is 0. The van der Waals surface area contributed by atoms with Crippen LogP contribution in [0.2, 0.25) is 0 Å². The lowest BCUT2D eigenvalue weighted by Gasteiger charge is -2.33. The van der Waals surface area contributed by atoms with Crippen molar-refractivity contribution in [2.24, 2.45) is 5.41 Å². The molecule has 0 spiro atoms. The highest BCUT2D eigenvalue weighted by Crippen LogP contribution is 2.27. The summed E-state index contributed by atoms with van der Waals surface area (Å²) < 4.78 is 0. The van der Waals surface area contributed by atoms with Crippen LogP contribution in [0, 0.1) is 12.3 Å². The summed E-state index contributed by atoms with van der Waals surface area (Å²) in [7, 11) is 0. The van der Waals surface area contributed by atoms with Gasteiger partial charge in [0.1, 0.15) is 0 Å². The second-order valence-electron chi connectivity index (χ2n) is 6.96. The molecule has 0 aromatic heterocycles. The van der Waals surface area contributed by atoms with E-state index in [0.29, 0.717) is 5.41 Å². The van der Waals surface area contributed by atoms with E-state index in [2.05, 4.69) is 71.1 Å². The van der Waals surface area contributed by atoms with Crippen LogP contribution in [-0.2, 0) is 6.54 Å². The molecule has 0 heterocycles. The third-order valence-electron chi connectivity index (χ3n) is 2.83. The summed E-state index contributed by atoms with van der Waals surface area (Å²) in [5, 5.41) is 3.66. The molecule has 0 aliphatic rings. The first-order valence-corrected chi connectivity index (χ1v) is 6.49. The molecular weight excluding hydrogens is 206 g/mol. The Morgan fingerprint density at radius 3 is 2.24 bits per heavy atom. The average molecular weight is 233 g/mol. The zero-order chi connectivity index (χ0) is 13.1. The maximum Gasteiger partial charge on any atom is 0.0210 e. The van der Waals surface area contributed by atoms with Crippen LogP contribution in [0.4, 0.5) is 0 Å². The molecular formula is C16H27N. The Morgan fingerprint density at radius 1 is 1.06 bits per heavy atom. The van der Waals surface area contributed by atoms with Crippen LogP contribution < -0.4 is 5.32 Å². The molecule has 1 nitrogen and oxygen atoms in total. The molecule has 0 aliphatic carbocycles. The zero-order valence-corrected chi connectivity index (χ0v) is 12.2. The first-order chi connectivity index (χ1) is 7.68. The quantitative estimate of drug-likeness (QED) is 0.817. The van der Waals surface area contributed by atoms with Gasteiger partial charge in [0.05, 0.1) is 0 Å². The van der Waals surface area contributed by atoms with Gasteiger partial charge in [0.2, 0.25) is 0 Å². The summed E-state index contributed by atoms with van der Waals surface area (Å²) in [6, 6.07) is 8.71. The van der Waals surface area contributed by atoms with Gasteiger partial charge in [0, 0.05) is 12.1 Å². The van der Waals surface area contributed by atoms with E-state index in [0.717, 1.165) is 6.54 Å². The van der Waals surface area contributed by atoms with Gasteiger partial charge < -0.3 is 5.32 Å². The van der Waals surface area contributed by atoms with Gasteiger partial charge in [0.25, 0.3) is 0 Å². The Morgan fingerprint density at radius 2 is 1.71 bits per heavy atom. The lowest BCUT2D eigenvalue weighted by atomic mass is 9.82. The van der Waals surface area contributed by atoms with Crippen molar-refractivity contribution in [3.05, 3.63) is 35.4 Å². The highest BCUT2D eigenvalue weighted by molar-refractivity contribution is 5.22. The van der Waals surface area contributed by atoms with Crippen molar-refractivity contribution in [2.75, 3.05) is 0 Å². The van der Waals surface area contributed by atoms with E-state index in [9.17, 15) is 0 Å². The van der Waals surface area contributed by atoms with Crippen molar-refractivity contribution in [2.45, 2.75) is 60.0 Å². The van der Waals surface area contributed by atoms with Gasteiger partial charge in [-0.15, -0.1) is 0 Å². The van der Waals surface area contributed by atoms with Crippen molar-refractivity contribution >= 4 is 0 Å². The third kappa shape index (κ3) is 5.88. The Bertz CT molecular complexity index is 358. The predicted octanol–water partition coefficient (Wildman–Crippen LogP) is 4.30. The van der Waals surface area contributed by atoms with Gasteiger partial charge in [-0.1, -0.05) is 50.6 Å². The van der Waals surface area contributed by atoms with Crippen LogP contribution in [0.3, 0.4) is 0 Å². The minimum absolute atomic E-state index is 0.183. The van der Waals surface area contributed by atoms with Crippen LogP contribution in [0.5, 0.6) is 0 Å². The molecule has 0 saturated carbocycles. The standard InChI is InChI=1S/C16H27N/c1-13-8-7-9-14(10-13)11-17-16(5,6)12-15(2,3)4/h7-10,17H,11-12H2,1-6H3. The Kier molecular flexibility index (Phi) is 4.37. The first-order valence-electron chi connectivity index (χ1n) is 6.49. The highest BCUT2D eigenvalue weighted by atomic mass is 14.9. The van der Waals surface area contributed by atoms with E-state index < -0.39 is 0 Å². The second-order valence-corrected chi connectivity index (χ2v) is 6.96. The fourth-order valence-electron chi connectivity index (χ4n) is 2.55. The Labute approximate surface area is 107 Å². The number of hydrogen-bond donors (Lipinski definition) is 1. The SMILES string of the molecule is Cc1cccc(CNC(C)(C)CC(C)(C)C)c1. The van der Waals surface area contributed by atoms with Crippen LogP contribution in [0.15, 0.2) is 24.3 Å². The van der Waals surface area contributed by atoms with Crippen molar-refractivity contribution in [3.63, 3.8) is 0 Å². The van der Waals surface area contributed by atoms with Crippen molar-refractivity contribution in [1.82, 2.24) is 5.32 Å². The number of aryl methyl sites for hydroxylation is 1. The molecule has 0 radical (unpaired) electrons. The number of hydrogen-bond acceptors (Lipinski definition) is 1. The molecule has 0 amide bonds. The molecule has 0 unspecified atom stereocenters. The molecule has 0 saturated heterocycles. The smallest absolute Gasteiger partial charge is 0.0210 e. The molecule has 96 valence electrons. The zero-order valence-electron chi connectivity index (χ0n) is 12.2. The normalized spacial score (nSPS) is 12.8. The topological polar surface area (TPSA) is 12.0 Å². The minimum atomic E-state index is 0.183. The third-order valence-corrected chi connectivity index (χ3v) is 2.83. The molecule has 0 bridgehead atoms. The highest BCUT2D eigenvalue weighted by Gasteiger charge is 2.24. The van der Waals surface area contributed by atoms with Gasteiger partial charge in [-0.25, -0.2) is 0 Å². The number of benzene rings is 1. The summed E-state index contributed by atoms with van der Waals surface area (Å²) in [5.41, 5.74) is 3.25. The van der Waals surface area contributed by atoms with E-state index in [1.54, 1.807) is 0 Å². The number of rotatable bonds is 4. The van der Waals surface area contributed by atoms with E-state index in [-0.39, 0.29) is 5.54 Å². The molecule has 0 aliphatic heterocycles. The van der Waals surface area contributed by atoms with Gasteiger partial charge in [0.15, 0.2) is 0 Å². The van der Waals surface area contributed by atoms with Crippen molar-refractivity contribution in [3.8, 4) is 0 Å². The van der Waals surface area contributed by atoms with E-state index in [4.69, 9.17) is 0 Å². The average Bonchev–Trinajstić information content (AvgIpc) is 2.11. The van der Waals surface area contributed by atoms with Crippen molar-refractivity contribution in [1.29, 1.82) is 0 Å². The fourth-order valence-corrected chi connectivity index (χ4v) is 2.55. The summed E-state index contributed by atoms with van der Waals surface area (Å²) in [6.45, 7) is 14.5. The van der Waals surface area contributed by atoms with Crippen LogP contribution in [-0.4, -0.2) is 5.54 Å². The summed E-state index contributed by atoms with van der Waals surface area (Å²) in [4.78, 5) is 0. The van der Waals surface area contributed by atoms with Crippen LogP contribution in [0.1, 0.15) is 52.2 Å². The summed E-state index contributed by atoms with van der Waals surface area (Å²) >= 11 is 0. The van der Waals surface area contributed by atoms with Crippen molar-refractivity contribution < 1.29 is 0 Å². The Hall–Kier alpha value is -0.820. The minimum Gasteiger partial charge on any atom is -0.308 e. The second kappa shape index (κ2) is 5.22. The van der Waals surface area contributed by atoms with E-state index in [1.807, 2.05) is 0 Å². The number of nitrogens with one attached hydrogen (secondary N) is 1. The first kappa shape index (κ1) is 14.2. The van der Waals surface area contributed by atoms with Gasteiger partial charge >= 0.3 is 0 Å². The monoisotopic (exact) mass is 233 g/mol. The van der Waals surface area contributed by atoms with E-state index >= 15 is 0 Å². The molecule has 0 atom stereocenters. The van der Waals surface area contributed by atoms with Gasteiger partial charge in [-0.05, 0) is 38.2 Å². The molecule has 0 fully saturated rings. The molecule has 17 heavy (non-hydrogen) atoms. The largest absolute Gasteiger partial charge is 0.308 e. The predicted molar refractivity (Wildman–Crippen MR) is 76.2 cm³/mol. The van der Waals surface area contributed by atoms with Crippen LogP contribution in [0.25, 0.3) is 0 Å². The molecule has 1 aromatic rings.